The summed E-state index contributed by atoms with van der Waals surface area (Å²) in [5.74, 6) is 0.878. The standard InChI is InChI=1S/C20H15ClN4O/c1-13-3-5-15(6-4-13)19(26)24-18-17(14-7-9-16(21)10-8-14)23-20-22-11-2-12-25(18)20/h2-12H,1H3,(H,24,26). The number of halogens is 1. The molecule has 26 heavy (non-hydrogen) atoms. The Morgan fingerprint density at radius 2 is 1.81 bits per heavy atom. The lowest BCUT2D eigenvalue weighted by Gasteiger charge is -2.08. The monoisotopic (exact) mass is 362 g/mol. The van der Waals surface area contributed by atoms with E-state index in [4.69, 9.17) is 11.6 Å². The molecule has 2 aromatic carbocycles. The molecule has 1 N–H and O–H groups in total. The summed E-state index contributed by atoms with van der Waals surface area (Å²) in [7, 11) is 0. The number of hydrogen-bond donors (Lipinski definition) is 1. The smallest absolute Gasteiger partial charge is 0.256 e. The summed E-state index contributed by atoms with van der Waals surface area (Å²) in [6, 6.07) is 16.5. The highest BCUT2D eigenvalue weighted by atomic mass is 35.5. The number of rotatable bonds is 3. The number of fused-ring (bicyclic) bond motifs is 1. The van der Waals surface area contributed by atoms with E-state index in [1.807, 2.05) is 37.4 Å². The number of aryl methyl sites for hydroxylation is 1. The predicted molar refractivity (Wildman–Crippen MR) is 103 cm³/mol. The molecule has 0 aliphatic rings. The van der Waals surface area contributed by atoms with Gasteiger partial charge in [-0.1, -0.05) is 41.4 Å². The molecule has 2 heterocycles. The van der Waals surface area contributed by atoms with Crippen molar-refractivity contribution in [2.45, 2.75) is 6.92 Å². The van der Waals surface area contributed by atoms with Gasteiger partial charge < -0.3 is 5.32 Å². The number of anilines is 1. The molecule has 4 rings (SSSR count). The van der Waals surface area contributed by atoms with Crippen LogP contribution in [-0.2, 0) is 0 Å². The van der Waals surface area contributed by atoms with Crippen molar-refractivity contribution in [2.24, 2.45) is 0 Å². The van der Waals surface area contributed by atoms with Crippen LogP contribution >= 0.6 is 11.6 Å². The SMILES string of the molecule is Cc1ccc(C(=O)Nc2c(-c3ccc(Cl)cc3)nc3ncccn23)cc1. The molecule has 0 fully saturated rings. The van der Waals surface area contributed by atoms with Crippen molar-refractivity contribution in [3.8, 4) is 11.3 Å². The first kappa shape index (κ1) is 16.3. The summed E-state index contributed by atoms with van der Waals surface area (Å²) in [5.41, 5.74) is 3.17. The number of nitrogens with zero attached hydrogens (tertiary/aromatic N) is 3. The first-order chi connectivity index (χ1) is 12.6. The van der Waals surface area contributed by atoms with E-state index in [2.05, 4.69) is 15.3 Å². The zero-order chi connectivity index (χ0) is 18.1. The van der Waals surface area contributed by atoms with Crippen LogP contribution in [0.3, 0.4) is 0 Å². The Morgan fingerprint density at radius 1 is 1.08 bits per heavy atom. The molecule has 0 saturated carbocycles. The van der Waals surface area contributed by atoms with Gasteiger partial charge in [-0.05, 0) is 37.3 Å². The molecule has 0 aliphatic carbocycles. The number of aromatic nitrogens is 3. The zero-order valence-electron chi connectivity index (χ0n) is 14.0. The Bertz CT molecular complexity index is 1090. The van der Waals surface area contributed by atoms with Gasteiger partial charge in [0.1, 0.15) is 11.5 Å². The molecule has 2 aromatic heterocycles. The fraction of sp³-hybridized carbons (Fsp3) is 0.0500. The summed E-state index contributed by atoms with van der Waals surface area (Å²) in [6.45, 7) is 1.98. The summed E-state index contributed by atoms with van der Waals surface area (Å²) < 4.78 is 1.76. The topological polar surface area (TPSA) is 59.3 Å². The molecule has 0 unspecified atom stereocenters. The van der Waals surface area contributed by atoms with Crippen LogP contribution in [-0.4, -0.2) is 20.3 Å². The Hall–Kier alpha value is -3.18. The first-order valence-corrected chi connectivity index (χ1v) is 8.46. The number of nitrogens with one attached hydrogen (secondary N) is 1. The fourth-order valence-corrected chi connectivity index (χ4v) is 2.83. The van der Waals surface area contributed by atoms with Gasteiger partial charge >= 0.3 is 0 Å². The lowest BCUT2D eigenvalue weighted by Crippen LogP contribution is -2.14. The van der Waals surface area contributed by atoms with Crippen LogP contribution in [0, 0.1) is 6.92 Å². The minimum atomic E-state index is -0.203. The normalized spacial score (nSPS) is 10.8. The summed E-state index contributed by atoms with van der Waals surface area (Å²) >= 11 is 5.99. The third kappa shape index (κ3) is 3.05. The summed E-state index contributed by atoms with van der Waals surface area (Å²) in [5, 5.41) is 3.61. The quantitative estimate of drug-likeness (QED) is 0.579. The van der Waals surface area contributed by atoms with E-state index in [-0.39, 0.29) is 5.91 Å². The molecule has 0 aliphatic heterocycles. The Balaban J connectivity index is 1.79. The van der Waals surface area contributed by atoms with Crippen LogP contribution in [0.2, 0.25) is 5.02 Å². The first-order valence-electron chi connectivity index (χ1n) is 8.09. The van der Waals surface area contributed by atoms with E-state index in [0.29, 0.717) is 27.9 Å². The van der Waals surface area contributed by atoms with E-state index in [9.17, 15) is 4.79 Å². The van der Waals surface area contributed by atoms with Gasteiger partial charge in [-0.25, -0.2) is 9.97 Å². The molecular weight excluding hydrogens is 348 g/mol. The minimum Gasteiger partial charge on any atom is -0.306 e. The van der Waals surface area contributed by atoms with Crippen molar-refractivity contribution in [1.29, 1.82) is 0 Å². The van der Waals surface area contributed by atoms with E-state index < -0.39 is 0 Å². The van der Waals surface area contributed by atoms with Crippen molar-refractivity contribution < 1.29 is 4.79 Å². The van der Waals surface area contributed by atoms with E-state index in [1.54, 1.807) is 40.9 Å². The van der Waals surface area contributed by atoms with Gasteiger partial charge in [-0.3, -0.25) is 9.20 Å². The van der Waals surface area contributed by atoms with E-state index in [0.717, 1.165) is 11.1 Å². The highest BCUT2D eigenvalue weighted by molar-refractivity contribution is 6.30. The molecule has 128 valence electrons. The van der Waals surface area contributed by atoms with Crippen LogP contribution in [0.1, 0.15) is 15.9 Å². The van der Waals surface area contributed by atoms with Gasteiger partial charge in [-0.2, -0.15) is 0 Å². The Morgan fingerprint density at radius 3 is 2.54 bits per heavy atom. The second-order valence-electron chi connectivity index (χ2n) is 5.93. The average Bonchev–Trinajstić information content (AvgIpc) is 3.01. The maximum absolute atomic E-state index is 12.7. The van der Waals surface area contributed by atoms with Gasteiger partial charge in [0, 0.05) is 28.5 Å². The maximum atomic E-state index is 12.7. The molecular formula is C20H15ClN4O. The number of benzene rings is 2. The van der Waals surface area contributed by atoms with E-state index >= 15 is 0 Å². The second-order valence-corrected chi connectivity index (χ2v) is 6.36. The number of carbonyl (C=O) groups is 1. The zero-order valence-corrected chi connectivity index (χ0v) is 14.7. The molecule has 0 atom stereocenters. The number of carbonyl (C=O) groups excluding carboxylic acids is 1. The van der Waals surface area contributed by atoms with Gasteiger partial charge in [0.05, 0.1) is 0 Å². The molecule has 4 aromatic rings. The highest BCUT2D eigenvalue weighted by Gasteiger charge is 2.17. The Kier molecular flexibility index (Phi) is 4.14. The summed E-state index contributed by atoms with van der Waals surface area (Å²) in [6.07, 6.45) is 3.49. The van der Waals surface area contributed by atoms with Crippen molar-refractivity contribution in [3.05, 3.63) is 83.1 Å². The lowest BCUT2D eigenvalue weighted by molar-refractivity contribution is 0.102. The molecule has 0 saturated heterocycles. The molecule has 0 spiro atoms. The van der Waals surface area contributed by atoms with Crippen molar-refractivity contribution >= 4 is 29.1 Å². The number of amides is 1. The van der Waals surface area contributed by atoms with Crippen molar-refractivity contribution in [1.82, 2.24) is 14.4 Å². The number of hydrogen-bond acceptors (Lipinski definition) is 3. The van der Waals surface area contributed by atoms with Gasteiger partial charge in [0.25, 0.3) is 5.91 Å². The Labute approximate surface area is 155 Å². The maximum Gasteiger partial charge on any atom is 0.256 e. The third-order valence-electron chi connectivity index (χ3n) is 4.07. The fourth-order valence-electron chi connectivity index (χ4n) is 2.70. The lowest BCUT2D eigenvalue weighted by atomic mass is 10.1. The van der Waals surface area contributed by atoms with Crippen LogP contribution in [0.5, 0.6) is 0 Å². The molecule has 5 nitrogen and oxygen atoms in total. The molecule has 0 bridgehead atoms. The average molecular weight is 363 g/mol. The number of imidazole rings is 1. The second kappa shape index (κ2) is 6.61. The highest BCUT2D eigenvalue weighted by Crippen LogP contribution is 2.29. The van der Waals surface area contributed by atoms with Crippen molar-refractivity contribution in [3.63, 3.8) is 0 Å². The van der Waals surface area contributed by atoms with Crippen LogP contribution < -0.4 is 5.32 Å². The van der Waals surface area contributed by atoms with Gasteiger partial charge in [0.15, 0.2) is 0 Å². The van der Waals surface area contributed by atoms with Gasteiger partial charge in [0.2, 0.25) is 5.78 Å². The molecule has 0 radical (unpaired) electrons. The van der Waals surface area contributed by atoms with Crippen LogP contribution in [0.4, 0.5) is 5.82 Å². The summed E-state index contributed by atoms with van der Waals surface area (Å²) in [4.78, 5) is 21.6. The molecule has 6 heteroatoms. The van der Waals surface area contributed by atoms with Crippen LogP contribution in [0.15, 0.2) is 67.0 Å². The van der Waals surface area contributed by atoms with Crippen LogP contribution in [0.25, 0.3) is 17.0 Å². The van der Waals surface area contributed by atoms with E-state index in [1.165, 1.54) is 0 Å². The third-order valence-corrected chi connectivity index (χ3v) is 4.32. The molecule has 1 amide bonds. The predicted octanol–water partition coefficient (Wildman–Crippen LogP) is 4.61. The minimum absolute atomic E-state index is 0.203. The largest absolute Gasteiger partial charge is 0.306 e. The van der Waals surface area contributed by atoms with Crippen molar-refractivity contribution in [2.75, 3.05) is 5.32 Å². The van der Waals surface area contributed by atoms with Gasteiger partial charge in [-0.15, -0.1) is 0 Å².